The lowest BCUT2D eigenvalue weighted by molar-refractivity contribution is 0.0454. The summed E-state index contributed by atoms with van der Waals surface area (Å²) in [7, 11) is 0. The van der Waals surface area contributed by atoms with Crippen LogP contribution in [-0.2, 0) is 0 Å². The first-order valence-electron chi connectivity index (χ1n) is 7.48. The summed E-state index contributed by atoms with van der Waals surface area (Å²) in [6, 6.07) is 0.354. The fraction of sp³-hybridized carbons (Fsp3) is 0.867. The normalized spacial score (nSPS) is 13.9. The van der Waals surface area contributed by atoms with Crippen LogP contribution in [0, 0.1) is 0 Å². The molecule has 18 heavy (non-hydrogen) atoms. The highest BCUT2D eigenvalue weighted by atomic mass is 15.3. The molecule has 0 aromatic carbocycles. The van der Waals surface area contributed by atoms with Gasteiger partial charge in [0, 0.05) is 11.6 Å². The van der Waals surface area contributed by atoms with Crippen molar-refractivity contribution >= 4 is 0 Å². The van der Waals surface area contributed by atoms with Crippen molar-refractivity contribution in [3.63, 3.8) is 0 Å². The molecule has 0 aromatic heterocycles. The first-order valence-corrected chi connectivity index (χ1v) is 7.48. The van der Waals surface area contributed by atoms with E-state index in [0.717, 1.165) is 45.2 Å². The molecule has 0 radical (unpaired) electrons. The molecule has 1 unspecified atom stereocenters. The van der Waals surface area contributed by atoms with Crippen LogP contribution in [0.25, 0.3) is 0 Å². The maximum Gasteiger partial charge on any atom is 0.0394 e. The summed E-state index contributed by atoms with van der Waals surface area (Å²) < 4.78 is 0. The largest absolute Gasteiger partial charge is 0.297 e. The maximum atomic E-state index is 5.84. The monoisotopic (exact) mass is 255 g/mol. The molecule has 0 spiro atoms. The van der Waals surface area contributed by atoms with Crippen molar-refractivity contribution in [2.45, 2.75) is 71.4 Å². The van der Waals surface area contributed by atoms with Gasteiger partial charge in [0.25, 0.3) is 0 Å². The zero-order valence-corrected chi connectivity index (χ0v) is 12.8. The number of nitrogens with one attached hydrogen (secondary N) is 1. The van der Waals surface area contributed by atoms with Gasteiger partial charge in [-0.3, -0.25) is 16.2 Å². The highest BCUT2D eigenvalue weighted by Crippen LogP contribution is 2.30. The molecule has 0 saturated carbocycles. The van der Waals surface area contributed by atoms with Gasteiger partial charge in [0.2, 0.25) is 0 Å². The van der Waals surface area contributed by atoms with Crippen LogP contribution in [0.4, 0.5) is 0 Å². The minimum atomic E-state index is 0.180. The number of hydrogen-bond acceptors (Lipinski definition) is 3. The van der Waals surface area contributed by atoms with Crippen LogP contribution in [0.5, 0.6) is 0 Å². The topological polar surface area (TPSA) is 41.3 Å². The summed E-state index contributed by atoms with van der Waals surface area (Å²) in [6.45, 7) is 15.0. The summed E-state index contributed by atoms with van der Waals surface area (Å²) in [6.07, 6.45) is 7.59. The van der Waals surface area contributed by atoms with Gasteiger partial charge in [-0.2, -0.15) is 0 Å². The third kappa shape index (κ3) is 4.08. The zero-order valence-electron chi connectivity index (χ0n) is 12.8. The summed E-state index contributed by atoms with van der Waals surface area (Å²) in [4.78, 5) is 2.56. The van der Waals surface area contributed by atoms with E-state index in [-0.39, 0.29) is 5.54 Å². The van der Waals surface area contributed by atoms with E-state index < -0.39 is 0 Å². The Kier molecular flexibility index (Phi) is 9.34. The number of hydrogen-bond donors (Lipinski definition) is 2. The third-order valence-electron chi connectivity index (χ3n) is 4.37. The minimum Gasteiger partial charge on any atom is -0.297 e. The fourth-order valence-corrected chi connectivity index (χ4v) is 3.24. The number of rotatable bonds is 11. The second kappa shape index (κ2) is 9.54. The first kappa shape index (κ1) is 17.6. The van der Waals surface area contributed by atoms with Crippen LogP contribution in [0.3, 0.4) is 0 Å². The Morgan fingerprint density at radius 2 is 1.78 bits per heavy atom. The Morgan fingerprint density at radius 1 is 1.22 bits per heavy atom. The molecule has 0 amide bonds. The van der Waals surface area contributed by atoms with Crippen LogP contribution >= 0.6 is 0 Å². The third-order valence-corrected chi connectivity index (χ3v) is 4.37. The fourth-order valence-electron chi connectivity index (χ4n) is 3.24. The molecule has 0 bridgehead atoms. The Bertz CT molecular complexity index is 208. The van der Waals surface area contributed by atoms with E-state index in [9.17, 15) is 0 Å². The van der Waals surface area contributed by atoms with Crippen LogP contribution < -0.4 is 11.3 Å². The van der Waals surface area contributed by atoms with Gasteiger partial charge in [-0.25, -0.2) is 0 Å². The molecule has 0 aliphatic rings. The van der Waals surface area contributed by atoms with E-state index in [1.54, 1.807) is 0 Å². The second-order valence-corrected chi connectivity index (χ2v) is 4.92. The van der Waals surface area contributed by atoms with E-state index in [2.05, 4.69) is 44.6 Å². The van der Waals surface area contributed by atoms with Crippen molar-refractivity contribution in [2.24, 2.45) is 5.84 Å². The predicted molar refractivity (Wildman–Crippen MR) is 81.4 cm³/mol. The van der Waals surface area contributed by atoms with Gasteiger partial charge < -0.3 is 0 Å². The molecular weight excluding hydrogens is 222 g/mol. The lowest BCUT2D eigenvalue weighted by Crippen LogP contribution is -2.62. The molecule has 0 heterocycles. The Labute approximate surface area is 114 Å². The van der Waals surface area contributed by atoms with Gasteiger partial charge >= 0.3 is 0 Å². The molecule has 108 valence electrons. The molecule has 0 aromatic rings. The van der Waals surface area contributed by atoms with Crippen LogP contribution in [0.2, 0.25) is 0 Å². The highest BCUT2D eigenvalue weighted by Gasteiger charge is 2.38. The number of likely N-dealkylation sites (N-methyl/N-ethyl adjacent to an activating group) is 1. The van der Waals surface area contributed by atoms with Crippen LogP contribution in [-0.4, -0.2) is 29.6 Å². The van der Waals surface area contributed by atoms with Gasteiger partial charge in [0.05, 0.1) is 0 Å². The molecule has 0 fully saturated rings. The Morgan fingerprint density at radius 3 is 2.11 bits per heavy atom. The van der Waals surface area contributed by atoms with E-state index in [1.165, 1.54) is 0 Å². The summed E-state index contributed by atoms with van der Waals surface area (Å²) >= 11 is 0. The zero-order chi connectivity index (χ0) is 14.0. The second-order valence-electron chi connectivity index (χ2n) is 4.92. The average Bonchev–Trinajstić information content (AvgIpc) is 2.42. The van der Waals surface area contributed by atoms with E-state index >= 15 is 0 Å². The molecule has 0 aliphatic heterocycles. The van der Waals surface area contributed by atoms with Crippen molar-refractivity contribution in [3.05, 3.63) is 12.7 Å². The standard InChI is InChI=1S/C15H33N3/c1-6-11-12-13-14(17-16)15(7-2,8-3)18(9-4)10-5/h6,14,17H,1,7-13,16H2,2-5H3. The Balaban J connectivity index is 4.93. The summed E-state index contributed by atoms with van der Waals surface area (Å²) in [5.74, 6) is 5.84. The molecule has 0 rings (SSSR count). The van der Waals surface area contributed by atoms with Gasteiger partial charge in [-0.1, -0.05) is 33.8 Å². The summed E-state index contributed by atoms with van der Waals surface area (Å²) in [5.41, 5.74) is 3.26. The molecule has 0 saturated heterocycles. The predicted octanol–water partition coefficient (Wildman–Crippen LogP) is 3.08. The van der Waals surface area contributed by atoms with Crippen molar-refractivity contribution in [3.8, 4) is 0 Å². The minimum absolute atomic E-state index is 0.180. The quantitative estimate of drug-likeness (QED) is 0.258. The molecule has 3 N–H and O–H groups in total. The first-order chi connectivity index (χ1) is 8.66. The van der Waals surface area contributed by atoms with Gasteiger partial charge in [-0.15, -0.1) is 6.58 Å². The number of hydrazine groups is 1. The van der Waals surface area contributed by atoms with Gasteiger partial charge in [0.1, 0.15) is 0 Å². The lowest BCUT2D eigenvalue weighted by atomic mass is 9.80. The number of nitrogens with two attached hydrogens (primary N) is 1. The number of allylic oxidation sites excluding steroid dienone is 1. The number of nitrogens with zero attached hydrogens (tertiary/aromatic N) is 1. The SMILES string of the molecule is C=CCCCC(NN)C(CC)(CC)N(CC)CC. The van der Waals surface area contributed by atoms with Gasteiger partial charge in [0.15, 0.2) is 0 Å². The van der Waals surface area contributed by atoms with Crippen molar-refractivity contribution in [1.82, 2.24) is 10.3 Å². The molecule has 3 heteroatoms. The average molecular weight is 255 g/mol. The lowest BCUT2D eigenvalue weighted by Gasteiger charge is -2.48. The summed E-state index contributed by atoms with van der Waals surface area (Å²) in [5, 5.41) is 0. The molecular formula is C15H33N3. The van der Waals surface area contributed by atoms with Gasteiger partial charge in [-0.05, 0) is 45.2 Å². The van der Waals surface area contributed by atoms with E-state index in [0.29, 0.717) is 6.04 Å². The van der Waals surface area contributed by atoms with Crippen molar-refractivity contribution < 1.29 is 0 Å². The van der Waals surface area contributed by atoms with Crippen molar-refractivity contribution in [2.75, 3.05) is 13.1 Å². The molecule has 0 aliphatic carbocycles. The van der Waals surface area contributed by atoms with Crippen LogP contribution in [0.15, 0.2) is 12.7 Å². The smallest absolute Gasteiger partial charge is 0.0394 e. The van der Waals surface area contributed by atoms with E-state index in [4.69, 9.17) is 5.84 Å². The highest BCUT2D eigenvalue weighted by molar-refractivity contribution is 4.97. The van der Waals surface area contributed by atoms with E-state index in [1.807, 2.05) is 6.08 Å². The molecule has 3 nitrogen and oxygen atoms in total. The Hall–Kier alpha value is -0.380. The van der Waals surface area contributed by atoms with Crippen molar-refractivity contribution in [1.29, 1.82) is 0 Å². The number of unbranched alkanes of at least 4 members (excludes halogenated alkanes) is 1. The molecule has 1 atom stereocenters. The van der Waals surface area contributed by atoms with Crippen LogP contribution in [0.1, 0.15) is 59.8 Å². The maximum absolute atomic E-state index is 5.84.